The molecule has 0 radical (unpaired) electrons. The summed E-state index contributed by atoms with van der Waals surface area (Å²) in [6.07, 6.45) is -0.793. The SMILES string of the molecule is CC(O)C(c1ccccc1)[C@H](N)C(=O)O. The smallest absolute Gasteiger partial charge is 0.321 e. The van der Waals surface area contributed by atoms with E-state index in [1.54, 1.807) is 31.2 Å². The summed E-state index contributed by atoms with van der Waals surface area (Å²) < 4.78 is 0. The lowest BCUT2D eigenvalue weighted by molar-refractivity contribution is -0.139. The number of benzene rings is 1. The third-order valence-electron chi connectivity index (χ3n) is 2.38. The predicted octanol–water partition coefficient (Wildman–Crippen LogP) is 0.563. The molecule has 0 saturated carbocycles. The van der Waals surface area contributed by atoms with Gasteiger partial charge in [0.1, 0.15) is 6.04 Å². The van der Waals surface area contributed by atoms with Crippen molar-refractivity contribution < 1.29 is 15.0 Å². The quantitative estimate of drug-likeness (QED) is 0.676. The van der Waals surface area contributed by atoms with Gasteiger partial charge in [0.25, 0.3) is 0 Å². The summed E-state index contributed by atoms with van der Waals surface area (Å²) in [5.41, 5.74) is 6.27. The van der Waals surface area contributed by atoms with E-state index in [0.29, 0.717) is 0 Å². The monoisotopic (exact) mass is 209 g/mol. The molecule has 2 unspecified atom stereocenters. The van der Waals surface area contributed by atoms with E-state index >= 15 is 0 Å². The van der Waals surface area contributed by atoms with E-state index in [0.717, 1.165) is 5.56 Å². The molecule has 15 heavy (non-hydrogen) atoms. The third kappa shape index (κ3) is 2.78. The minimum atomic E-state index is -1.11. The number of carbonyl (C=O) groups is 1. The minimum absolute atomic E-state index is 0.580. The lowest BCUT2D eigenvalue weighted by Gasteiger charge is -2.23. The van der Waals surface area contributed by atoms with Crippen LogP contribution in [0.15, 0.2) is 30.3 Å². The highest BCUT2D eigenvalue weighted by molar-refractivity contribution is 5.74. The lowest BCUT2D eigenvalue weighted by Crippen LogP contribution is -2.41. The second kappa shape index (κ2) is 4.91. The van der Waals surface area contributed by atoms with Crippen LogP contribution in [0.25, 0.3) is 0 Å². The summed E-state index contributed by atoms with van der Waals surface area (Å²) in [6, 6.07) is 7.85. The van der Waals surface area contributed by atoms with Crippen LogP contribution < -0.4 is 5.73 Å². The molecule has 0 aliphatic carbocycles. The first-order chi connectivity index (χ1) is 7.04. The zero-order valence-electron chi connectivity index (χ0n) is 8.50. The lowest BCUT2D eigenvalue weighted by atomic mass is 9.88. The van der Waals surface area contributed by atoms with E-state index in [-0.39, 0.29) is 0 Å². The van der Waals surface area contributed by atoms with Gasteiger partial charge < -0.3 is 15.9 Å². The summed E-state index contributed by atoms with van der Waals surface area (Å²) in [5.74, 6) is -1.69. The van der Waals surface area contributed by atoms with Crippen LogP contribution in [-0.4, -0.2) is 28.3 Å². The molecule has 0 aliphatic rings. The van der Waals surface area contributed by atoms with Crippen LogP contribution in [0, 0.1) is 0 Å². The second-order valence-electron chi connectivity index (χ2n) is 3.54. The Morgan fingerprint density at radius 2 is 1.87 bits per heavy atom. The molecule has 1 aromatic carbocycles. The zero-order chi connectivity index (χ0) is 11.4. The molecule has 0 spiro atoms. The number of carboxylic acids is 1. The predicted molar refractivity (Wildman–Crippen MR) is 56.5 cm³/mol. The number of carboxylic acid groups (broad SMARTS) is 1. The van der Waals surface area contributed by atoms with Crippen LogP contribution >= 0.6 is 0 Å². The first-order valence-corrected chi connectivity index (χ1v) is 4.75. The van der Waals surface area contributed by atoms with Crippen LogP contribution in [0.4, 0.5) is 0 Å². The highest BCUT2D eigenvalue weighted by Gasteiger charge is 2.29. The Morgan fingerprint density at radius 1 is 1.33 bits per heavy atom. The van der Waals surface area contributed by atoms with Crippen molar-refractivity contribution >= 4 is 5.97 Å². The number of hydrogen-bond acceptors (Lipinski definition) is 3. The maximum absolute atomic E-state index is 10.8. The first kappa shape index (κ1) is 11.7. The van der Waals surface area contributed by atoms with Gasteiger partial charge in [0.2, 0.25) is 0 Å². The Balaban J connectivity index is 2.99. The van der Waals surface area contributed by atoms with Crippen molar-refractivity contribution in [3.63, 3.8) is 0 Å². The molecule has 0 bridgehead atoms. The standard InChI is InChI=1S/C11H15NO3/c1-7(13)9(10(12)11(14)15)8-5-3-2-4-6-8/h2-7,9-10,13H,12H2,1H3,(H,14,15)/t7?,9?,10-/m0/s1. The van der Waals surface area contributed by atoms with E-state index in [9.17, 15) is 9.90 Å². The highest BCUT2D eigenvalue weighted by Crippen LogP contribution is 2.22. The van der Waals surface area contributed by atoms with Gasteiger partial charge in [0, 0.05) is 5.92 Å². The Hall–Kier alpha value is -1.39. The number of rotatable bonds is 4. The fraction of sp³-hybridized carbons (Fsp3) is 0.364. The fourth-order valence-electron chi connectivity index (χ4n) is 1.61. The van der Waals surface area contributed by atoms with Gasteiger partial charge in [-0.3, -0.25) is 4.79 Å². The third-order valence-corrected chi connectivity index (χ3v) is 2.38. The van der Waals surface area contributed by atoms with Crippen LogP contribution in [0.5, 0.6) is 0 Å². The van der Waals surface area contributed by atoms with E-state index in [1.165, 1.54) is 0 Å². The molecule has 0 saturated heterocycles. The van der Waals surface area contributed by atoms with E-state index in [4.69, 9.17) is 10.8 Å². The fourth-order valence-corrected chi connectivity index (χ4v) is 1.61. The highest BCUT2D eigenvalue weighted by atomic mass is 16.4. The summed E-state index contributed by atoms with van der Waals surface area (Å²) in [6.45, 7) is 1.54. The molecule has 0 amide bonds. The maximum Gasteiger partial charge on any atom is 0.321 e. The molecule has 0 heterocycles. The van der Waals surface area contributed by atoms with E-state index in [2.05, 4.69) is 0 Å². The largest absolute Gasteiger partial charge is 0.480 e. The van der Waals surface area contributed by atoms with E-state index < -0.39 is 24.0 Å². The van der Waals surface area contributed by atoms with Gasteiger partial charge in [-0.25, -0.2) is 0 Å². The molecular weight excluding hydrogens is 194 g/mol. The van der Waals surface area contributed by atoms with Gasteiger partial charge in [-0.1, -0.05) is 30.3 Å². The van der Waals surface area contributed by atoms with Gasteiger partial charge in [-0.05, 0) is 12.5 Å². The van der Waals surface area contributed by atoms with Crippen LogP contribution in [0.1, 0.15) is 18.4 Å². The zero-order valence-corrected chi connectivity index (χ0v) is 8.50. The van der Waals surface area contributed by atoms with Crippen LogP contribution in [0.2, 0.25) is 0 Å². The average Bonchev–Trinajstić information content (AvgIpc) is 2.18. The molecule has 82 valence electrons. The van der Waals surface area contributed by atoms with E-state index in [1.807, 2.05) is 6.07 Å². The Kier molecular flexibility index (Phi) is 3.82. The van der Waals surface area contributed by atoms with Crippen molar-refractivity contribution in [1.29, 1.82) is 0 Å². The Morgan fingerprint density at radius 3 is 2.27 bits per heavy atom. The molecule has 0 aliphatic heterocycles. The van der Waals surface area contributed by atoms with Crippen LogP contribution in [-0.2, 0) is 4.79 Å². The Labute approximate surface area is 88.3 Å². The second-order valence-corrected chi connectivity index (χ2v) is 3.54. The van der Waals surface area contributed by atoms with Gasteiger partial charge in [0.15, 0.2) is 0 Å². The van der Waals surface area contributed by atoms with Crippen LogP contribution in [0.3, 0.4) is 0 Å². The van der Waals surface area contributed by atoms with Crippen molar-refractivity contribution in [2.45, 2.75) is 25.0 Å². The topological polar surface area (TPSA) is 83.5 Å². The normalized spacial score (nSPS) is 16.7. The van der Waals surface area contributed by atoms with Crippen molar-refractivity contribution in [1.82, 2.24) is 0 Å². The van der Waals surface area contributed by atoms with Crippen molar-refractivity contribution in [2.24, 2.45) is 5.73 Å². The minimum Gasteiger partial charge on any atom is -0.480 e. The average molecular weight is 209 g/mol. The first-order valence-electron chi connectivity index (χ1n) is 4.75. The molecular formula is C11H15NO3. The maximum atomic E-state index is 10.8. The molecule has 0 fully saturated rings. The van der Waals surface area contributed by atoms with Gasteiger partial charge in [0.05, 0.1) is 6.10 Å². The molecule has 4 nitrogen and oxygen atoms in total. The number of hydrogen-bond donors (Lipinski definition) is 3. The molecule has 1 aromatic rings. The summed E-state index contributed by atoms with van der Waals surface area (Å²) in [7, 11) is 0. The van der Waals surface area contributed by atoms with Crippen molar-refractivity contribution in [3.8, 4) is 0 Å². The number of aliphatic hydroxyl groups is 1. The molecule has 0 aromatic heterocycles. The van der Waals surface area contributed by atoms with Crippen molar-refractivity contribution in [3.05, 3.63) is 35.9 Å². The number of aliphatic hydroxyl groups excluding tert-OH is 1. The van der Waals surface area contributed by atoms with Crippen molar-refractivity contribution in [2.75, 3.05) is 0 Å². The summed E-state index contributed by atoms with van der Waals surface area (Å²) >= 11 is 0. The number of nitrogens with two attached hydrogens (primary N) is 1. The molecule has 4 heteroatoms. The molecule has 4 N–H and O–H groups in total. The van der Waals surface area contributed by atoms with Gasteiger partial charge in [-0.15, -0.1) is 0 Å². The molecule has 1 rings (SSSR count). The molecule has 3 atom stereocenters. The van der Waals surface area contributed by atoms with Gasteiger partial charge >= 0.3 is 5.97 Å². The Bertz CT molecular complexity index is 324. The summed E-state index contributed by atoms with van der Waals surface area (Å²) in [5, 5.41) is 18.4. The summed E-state index contributed by atoms with van der Waals surface area (Å²) in [4.78, 5) is 10.8. The number of aliphatic carboxylic acids is 1. The van der Waals surface area contributed by atoms with Gasteiger partial charge in [-0.2, -0.15) is 0 Å².